The minimum Gasteiger partial charge on any atom is -0.493 e. The van der Waals surface area contributed by atoms with Crippen LogP contribution >= 0.6 is 0 Å². The molecule has 0 amide bonds. The molecule has 23 heavy (non-hydrogen) atoms. The molecule has 0 bridgehead atoms. The molecule has 1 aliphatic carbocycles. The normalized spacial score (nSPS) is 18.2. The summed E-state index contributed by atoms with van der Waals surface area (Å²) >= 11 is 0. The molecule has 0 aromatic heterocycles. The van der Waals surface area contributed by atoms with Crippen LogP contribution in [0.4, 0.5) is 0 Å². The average molecular weight is 310 g/mol. The molecule has 0 heterocycles. The number of hydrogen-bond acceptors (Lipinski definition) is 2. The fourth-order valence-corrected chi connectivity index (χ4v) is 2.88. The molecule has 1 aliphatic rings. The Balaban J connectivity index is 1.72. The van der Waals surface area contributed by atoms with Crippen LogP contribution < -0.4 is 4.74 Å². The van der Waals surface area contributed by atoms with Crippen molar-refractivity contribution in [1.29, 1.82) is 0 Å². The van der Waals surface area contributed by atoms with Gasteiger partial charge < -0.3 is 4.74 Å². The molecular formula is C21H28NO. The van der Waals surface area contributed by atoms with Gasteiger partial charge in [-0.3, -0.25) is 4.90 Å². The monoisotopic (exact) mass is 310 g/mol. The van der Waals surface area contributed by atoms with Crippen LogP contribution in [0.25, 0.3) is 0 Å². The molecule has 1 aromatic rings. The number of terminal acetylenes is 1. The van der Waals surface area contributed by atoms with E-state index >= 15 is 0 Å². The van der Waals surface area contributed by atoms with Crippen molar-refractivity contribution in [1.82, 2.24) is 4.90 Å². The number of nitrogens with zero attached hydrogens (tertiary/aromatic N) is 1. The van der Waals surface area contributed by atoms with Crippen LogP contribution in [-0.2, 0) is 6.54 Å². The summed E-state index contributed by atoms with van der Waals surface area (Å²) in [6.45, 7) is 2.23. The largest absolute Gasteiger partial charge is 0.493 e. The summed E-state index contributed by atoms with van der Waals surface area (Å²) in [6.07, 6.45) is 18.6. The number of hydrogen-bond donors (Lipinski definition) is 0. The summed E-state index contributed by atoms with van der Waals surface area (Å²) in [5, 5.41) is 0. The Morgan fingerprint density at radius 2 is 2.09 bits per heavy atom. The number of ether oxygens (including phenoxy) is 1. The van der Waals surface area contributed by atoms with Gasteiger partial charge in [0.2, 0.25) is 0 Å². The predicted octanol–water partition coefficient (Wildman–Crippen LogP) is 4.47. The number of benzene rings is 1. The van der Waals surface area contributed by atoms with Gasteiger partial charge in [-0.2, -0.15) is 0 Å². The average Bonchev–Trinajstić information content (AvgIpc) is 2.51. The van der Waals surface area contributed by atoms with Crippen molar-refractivity contribution in [2.75, 3.05) is 20.2 Å². The van der Waals surface area contributed by atoms with Crippen LogP contribution in [0.1, 0.15) is 37.7 Å². The van der Waals surface area contributed by atoms with Gasteiger partial charge in [-0.25, -0.2) is 0 Å². The second-order valence-corrected chi connectivity index (χ2v) is 6.32. The topological polar surface area (TPSA) is 12.5 Å². The van der Waals surface area contributed by atoms with Gasteiger partial charge in [0.25, 0.3) is 0 Å². The third-order valence-electron chi connectivity index (χ3n) is 4.22. The third kappa shape index (κ3) is 6.93. The molecule has 1 radical (unpaired) electrons. The van der Waals surface area contributed by atoms with Crippen molar-refractivity contribution in [3.63, 3.8) is 0 Å². The molecule has 0 saturated heterocycles. The molecule has 0 saturated carbocycles. The molecule has 1 unspecified atom stereocenters. The Labute approximate surface area is 141 Å². The van der Waals surface area contributed by atoms with E-state index in [4.69, 9.17) is 11.2 Å². The molecule has 1 aromatic carbocycles. The first-order chi connectivity index (χ1) is 11.3. The van der Waals surface area contributed by atoms with E-state index in [1.165, 1.54) is 31.2 Å². The summed E-state index contributed by atoms with van der Waals surface area (Å²) in [6, 6.07) is 8.32. The first-order valence-corrected chi connectivity index (χ1v) is 8.60. The molecule has 2 heteroatoms. The van der Waals surface area contributed by atoms with Crippen LogP contribution in [0, 0.1) is 24.7 Å². The van der Waals surface area contributed by atoms with E-state index in [9.17, 15) is 0 Å². The van der Waals surface area contributed by atoms with Crippen LogP contribution in [0.2, 0.25) is 0 Å². The van der Waals surface area contributed by atoms with Gasteiger partial charge >= 0.3 is 0 Å². The van der Waals surface area contributed by atoms with Crippen LogP contribution in [0.5, 0.6) is 5.75 Å². The van der Waals surface area contributed by atoms with Crippen molar-refractivity contribution >= 4 is 0 Å². The van der Waals surface area contributed by atoms with E-state index in [0.717, 1.165) is 18.7 Å². The lowest BCUT2D eigenvalue weighted by Gasteiger charge is -2.17. The zero-order chi connectivity index (χ0) is 16.3. The Morgan fingerprint density at radius 3 is 2.87 bits per heavy atom. The highest BCUT2D eigenvalue weighted by atomic mass is 16.5. The van der Waals surface area contributed by atoms with Crippen molar-refractivity contribution in [2.45, 2.75) is 38.6 Å². The smallest absolute Gasteiger partial charge is 0.119 e. The van der Waals surface area contributed by atoms with Crippen LogP contribution in [0.15, 0.2) is 36.4 Å². The maximum atomic E-state index is 5.86. The summed E-state index contributed by atoms with van der Waals surface area (Å²) in [4.78, 5) is 2.12. The SMILES string of the molecule is C#CCN(C)Cc1ccc(OC[CH]C2CC=CCCCC2)cc1. The second kappa shape index (κ2) is 10.1. The van der Waals surface area contributed by atoms with E-state index in [1.807, 2.05) is 19.2 Å². The first kappa shape index (κ1) is 17.6. The highest BCUT2D eigenvalue weighted by molar-refractivity contribution is 5.27. The number of rotatable bonds is 7. The highest BCUT2D eigenvalue weighted by Gasteiger charge is 2.09. The van der Waals surface area contributed by atoms with Gasteiger partial charge in [0.05, 0.1) is 13.2 Å². The lowest BCUT2D eigenvalue weighted by atomic mass is 9.92. The van der Waals surface area contributed by atoms with Crippen molar-refractivity contribution in [2.24, 2.45) is 5.92 Å². The minimum absolute atomic E-state index is 0.656. The Bertz CT molecular complexity index is 512. The Kier molecular flexibility index (Phi) is 7.77. The lowest BCUT2D eigenvalue weighted by Crippen LogP contribution is -2.17. The summed E-state index contributed by atoms with van der Waals surface area (Å²) in [5.41, 5.74) is 1.25. The minimum atomic E-state index is 0.656. The highest BCUT2D eigenvalue weighted by Crippen LogP contribution is 2.21. The van der Waals surface area contributed by atoms with Crippen LogP contribution in [-0.4, -0.2) is 25.1 Å². The maximum absolute atomic E-state index is 5.86. The predicted molar refractivity (Wildman–Crippen MR) is 97.1 cm³/mol. The summed E-state index contributed by atoms with van der Waals surface area (Å²) in [5.74, 6) is 4.25. The van der Waals surface area contributed by atoms with Gasteiger partial charge in [-0.15, -0.1) is 6.42 Å². The Morgan fingerprint density at radius 1 is 1.26 bits per heavy atom. The molecule has 0 spiro atoms. The quantitative estimate of drug-likeness (QED) is 0.544. The van der Waals surface area contributed by atoms with Crippen LogP contribution in [0.3, 0.4) is 0 Å². The van der Waals surface area contributed by atoms with Gasteiger partial charge in [-0.1, -0.05) is 36.6 Å². The van der Waals surface area contributed by atoms with Crippen molar-refractivity contribution < 1.29 is 4.74 Å². The molecule has 2 nitrogen and oxygen atoms in total. The van der Waals surface area contributed by atoms with E-state index < -0.39 is 0 Å². The zero-order valence-corrected chi connectivity index (χ0v) is 14.2. The van der Waals surface area contributed by atoms with Gasteiger partial charge in [0.15, 0.2) is 0 Å². The fraction of sp³-hybridized carbons (Fsp3) is 0.476. The molecule has 1 atom stereocenters. The molecule has 0 aliphatic heterocycles. The molecule has 123 valence electrons. The van der Waals surface area contributed by atoms with Crippen molar-refractivity contribution in [3.05, 3.63) is 48.4 Å². The zero-order valence-electron chi connectivity index (χ0n) is 14.2. The standard InChI is InChI=1S/C21H28NO/c1-3-16-22(2)18-20-11-13-21(14-12-20)23-17-15-19-9-7-5-4-6-8-10-19/h1,5,7,11-15,19H,4,6,8-10,16-18H2,2H3. The molecule has 0 N–H and O–H groups in total. The van der Waals surface area contributed by atoms with E-state index in [0.29, 0.717) is 19.1 Å². The Hall–Kier alpha value is -1.72. The molecule has 0 fully saturated rings. The van der Waals surface area contributed by atoms with Crippen molar-refractivity contribution in [3.8, 4) is 18.1 Å². The molecule has 2 rings (SSSR count). The first-order valence-electron chi connectivity index (χ1n) is 8.60. The second-order valence-electron chi connectivity index (χ2n) is 6.32. The van der Waals surface area contributed by atoms with E-state index in [-0.39, 0.29) is 0 Å². The molecular weight excluding hydrogens is 282 g/mol. The lowest BCUT2D eigenvalue weighted by molar-refractivity contribution is 0.323. The summed E-state index contributed by atoms with van der Waals surface area (Å²) in [7, 11) is 2.03. The number of allylic oxidation sites excluding steroid dienone is 2. The van der Waals surface area contributed by atoms with Gasteiger partial charge in [-0.05, 0) is 56.3 Å². The fourth-order valence-electron chi connectivity index (χ4n) is 2.88. The van der Waals surface area contributed by atoms with Gasteiger partial charge in [0.1, 0.15) is 5.75 Å². The van der Waals surface area contributed by atoms with E-state index in [1.54, 1.807) is 0 Å². The van der Waals surface area contributed by atoms with E-state index in [2.05, 4.69) is 41.5 Å². The summed E-state index contributed by atoms with van der Waals surface area (Å²) < 4.78 is 5.86. The van der Waals surface area contributed by atoms with Gasteiger partial charge in [0, 0.05) is 13.0 Å². The maximum Gasteiger partial charge on any atom is 0.119 e. The third-order valence-corrected chi connectivity index (χ3v) is 4.22.